The first-order valence-corrected chi connectivity index (χ1v) is 11.9. The molecule has 12 heteroatoms. The highest BCUT2D eigenvalue weighted by Crippen LogP contribution is 2.37. The summed E-state index contributed by atoms with van der Waals surface area (Å²) in [6.45, 7) is 5.41. The van der Waals surface area contributed by atoms with E-state index >= 15 is 0 Å². The number of carbonyl (C=O) groups excluding carboxylic acids is 3. The average Bonchev–Trinajstić information content (AvgIpc) is 3.22. The first-order chi connectivity index (χ1) is 17.4. The van der Waals surface area contributed by atoms with E-state index in [2.05, 4.69) is 9.69 Å². The smallest absolute Gasteiger partial charge is 0.273 e. The fraction of sp³-hybridized carbons (Fsp3) is 0.280. The van der Waals surface area contributed by atoms with Crippen molar-refractivity contribution in [1.82, 2.24) is 9.69 Å². The zero-order valence-electron chi connectivity index (χ0n) is 21.1. The third-order valence-electron chi connectivity index (χ3n) is 5.21. The summed E-state index contributed by atoms with van der Waals surface area (Å²) in [5.41, 5.74) is 10.9. The summed E-state index contributed by atoms with van der Waals surface area (Å²) < 4.78 is 14.7. The topological polar surface area (TPSA) is 170 Å². The zero-order chi connectivity index (χ0) is 27.5. The number of primary amides is 1. The molecule has 3 aromatic rings. The molecule has 0 aliphatic rings. The van der Waals surface area contributed by atoms with Gasteiger partial charge >= 0.3 is 0 Å². The number of aromatic nitrogens is 1. The van der Waals surface area contributed by atoms with Crippen molar-refractivity contribution in [2.24, 2.45) is 5.73 Å². The minimum absolute atomic E-state index is 0.0915. The first kappa shape index (κ1) is 27.3. The van der Waals surface area contributed by atoms with Crippen LogP contribution in [-0.2, 0) is 4.79 Å². The quantitative estimate of drug-likeness (QED) is 0.346. The molecule has 2 aromatic carbocycles. The lowest BCUT2D eigenvalue weighted by Crippen LogP contribution is -2.49. The van der Waals surface area contributed by atoms with E-state index in [1.54, 1.807) is 45.0 Å². The van der Waals surface area contributed by atoms with Crippen molar-refractivity contribution in [1.29, 1.82) is 0 Å². The highest BCUT2D eigenvalue weighted by atomic mass is 32.1. The molecule has 196 valence electrons. The van der Waals surface area contributed by atoms with Crippen LogP contribution in [-0.4, -0.2) is 47.0 Å². The van der Waals surface area contributed by atoms with Crippen LogP contribution in [0.5, 0.6) is 17.2 Å². The van der Waals surface area contributed by atoms with Crippen molar-refractivity contribution in [3.8, 4) is 17.2 Å². The van der Waals surface area contributed by atoms with Gasteiger partial charge in [-0.1, -0.05) is 12.1 Å². The summed E-state index contributed by atoms with van der Waals surface area (Å²) in [5.74, 6) is -1.50. The zero-order valence-corrected chi connectivity index (χ0v) is 21.9. The average molecular weight is 528 g/mol. The van der Waals surface area contributed by atoms with Crippen molar-refractivity contribution in [3.05, 3.63) is 58.6 Å². The Kier molecular flexibility index (Phi) is 7.92. The summed E-state index contributed by atoms with van der Waals surface area (Å²) in [5, 5.41) is 13.1. The lowest BCUT2D eigenvalue weighted by molar-refractivity contribution is -0.123. The number of amides is 3. The number of nitrogen functional groups attached to an aromatic ring is 1. The maximum Gasteiger partial charge on any atom is 0.273 e. The SMILES string of the molecule is COc1ccc([C@@H](C(=O)NC(C)(C)C)N(C(=O)c2snc(C(N)=O)c2N)c2cccc(O)c2)cc1OC. The normalized spacial score (nSPS) is 11.9. The lowest BCUT2D eigenvalue weighted by Gasteiger charge is -2.34. The van der Waals surface area contributed by atoms with Crippen LogP contribution < -0.4 is 31.2 Å². The predicted molar refractivity (Wildman–Crippen MR) is 140 cm³/mol. The number of carbonyl (C=O) groups is 3. The van der Waals surface area contributed by atoms with Crippen molar-refractivity contribution >= 4 is 40.6 Å². The molecular weight excluding hydrogens is 498 g/mol. The molecule has 0 unspecified atom stereocenters. The van der Waals surface area contributed by atoms with E-state index in [0.717, 1.165) is 0 Å². The van der Waals surface area contributed by atoms with Gasteiger partial charge in [0, 0.05) is 17.3 Å². The number of nitrogens with two attached hydrogens (primary N) is 2. The number of hydrogen-bond acceptors (Lipinski definition) is 9. The Hall–Kier alpha value is -4.32. The van der Waals surface area contributed by atoms with Crippen LogP contribution in [0.25, 0.3) is 0 Å². The minimum atomic E-state index is -1.26. The summed E-state index contributed by atoms with van der Waals surface area (Å²) in [6, 6.07) is 9.42. The molecule has 0 spiro atoms. The summed E-state index contributed by atoms with van der Waals surface area (Å²) in [4.78, 5) is 40.6. The van der Waals surface area contributed by atoms with Crippen LogP contribution in [0, 0.1) is 0 Å². The number of hydrogen-bond donors (Lipinski definition) is 4. The van der Waals surface area contributed by atoms with Crippen LogP contribution >= 0.6 is 11.5 Å². The fourth-order valence-electron chi connectivity index (χ4n) is 3.64. The van der Waals surface area contributed by atoms with Gasteiger partial charge in [0.25, 0.3) is 11.8 Å². The van der Waals surface area contributed by atoms with E-state index < -0.39 is 29.3 Å². The molecule has 0 aliphatic heterocycles. The number of anilines is 2. The van der Waals surface area contributed by atoms with E-state index in [1.165, 1.54) is 37.3 Å². The van der Waals surface area contributed by atoms with Crippen molar-refractivity contribution in [3.63, 3.8) is 0 Å². The predicted octanol–water partition coefficient (Wildman–Crippen LogP) is 2.85. The monoisotopic (exact) mass is 527 g/mol. The molecule has 1 aromatic heterocycles. The summed E-state index contributed by atoms with van der Waals surface area (Å²) in [6.07, 6.45) is 0. The van der Waals surface area contributed by atoms with Crippen molar-refractivity contribution in [2.45, 2.75) is 32.4 Å². The molecule has 6 N–H and O–H groups in total. The maximum absolute atomic E-state index is 14.0. The largest absolute Gasteiger partial charge is 0.508 e. The Morgan fingerprint density at radius 3 is 2.30 bits per heavy atom. The van der Waals surface area contributed by atoms with Crippen LogP contribution in [0.2, 0.25) is 0 Å². The standard InChI is InChI=1S/C25H29N5O6S/c1-25(2,3)28-23(33)20(13-9-10-16(35-4)17(11-13)36-5)30(14-7-6-8-15(31)12-14)24(34)21-18(26)19(22(27)32)29-37-21/h6-12,20,31H,26H2,1-5H3,(H2,27,32)(H,28,33)/t20-/m0/s1. The van der Waals surface area contributed by atoms with Gasteiger partial charge in [0.05, 0.1) is 19.9 Å². The second-order valence-corrected chi connectivity index (χ2v) is 9.86. The molecule has 37 heavy (non-hydrogen) atoms. The highest BCUT2D eigenvalue weighted by molar-refractivity contribution is 7.09. The Balaban J connectivity index is 2.29. The first-order valence-electron chi connectivity index (χ1n) is 11.1. The van der Waals surface area contributed by atoms with Crippen LogP contribution in [0.3, 0.4) is 0 Å². The molecule has 0 radical (unpaired) electrons. The maximum atomic E-state index is 14.0. The molecule has 1 atom stereocenters. The number of phenolic OH excluding ortho intramolecular Hbond substituents is 1. The Labute approximate surface area is 218 Å². The number of aromatic hydroxyl groups is 1. The van der Waals surface area contributed by atoms with E-state index in [9.17, 15) is 19.5 Å². The molecule has 3 rings (SSSR count). The molecule has 0 aliphatic carbocycles. The second kappa shape index (κ2) is 10.7. The van der Waals surface area contributed by atoms with Gasteiger partial charge in [0.2, 0.25) is 5.91 Å². The van der Waals surface area contributed by atoms with Gasteiger partial charge in [-0.15, -0.1) is 0 Å². The Morgan fingerprint density at radius 2 is 1.76 bits per heavy atom. The van der Waals surface area contributed by atoms with Crippen LogP contribution in [0.15, 0.2) is 42.5 Å². The van der Waals surface area contributed by atoms with Gasteiger partial charge in [-0.05, 0) is 62.1 Å². The molecule has 0 saturated heterocycles. The van der Waals surface area contributed by atoms with E-state index in [-0.39, 0.29) is 27.7 Å². The van der Waals surface area contributed by atoms with Gasteiger partial charge in [0.15, 0.2) is 17.2 Å². The minimum Gasteiger partial charge on any atom is -0.508 e. The highest BCUT2D eigenvalue weighted by Gasteiger charge is 2.37. The van der Waals surface area contributed by atoms with Gasteiger partial charge in [0.1, 0.15) is 16.7 Å². The van der Waals surface area contributed by atoms with Gasteiger partial charge < -0.3 is 31.4 Å². The van der Waals surface area contributed by atoms with E-state index in [0.29, 0.717) is 28.6 Å². The van der Waals surface area contributed by atoms with Gasteiger partial charge in [-0.2, -0.15) is 4.37 Å². The molecule has 0 saturated carbocycles. The van der Waals surface area contributed by atoms with E-state index in [4.69, 9.17) is 20.9 Å². The van der Waals surface area contributed by atoms with E-state index in [1.807, 2.05) is 0 Å². The molecule has 0 bridgehead atoms. The Bertz CT molecular complexity index is 1330. The molecule has 0 fully saturated rings. The number of phenols is 1. The number of methoxy groups -OCH3 is 2. The second-order valence-electron chi connectivity index (χ2n) is 9.09. The van der Waals surface area contributed by atoms with Crippen molar-refractivity contribution < 1.29 is 29.0 Å². The number of nitrogens with one attached hydrogen (secondary N) is 1. The van der Waals surface area contributed by atoms with Crippen LogP contribution in [0.1, 0.15) is 52.5 Å². The number of benzene rings is 2. The van der Waals surface area contributed by atoms with Crippen LogP contribution in [0.4, 0.5) is 11.4 Å². The lowest BCUT2D eigenvalue weighted by atomic mass is 9.99. The van der Waals surface area contributed by atoms with Crippen molar-refractivity contribution in [2.75, 3.05) is 24.9 Å². The summed E-state index contributed by atoms with van der Waals surface area (Å²) in [7, 11) is 2.93. The molecule has 1 heterocycles. The third kappa shape index (κ3) is 5.92. The number of rotatable bonds is 8. The van der Waals surface area contributed by atoms with Gasteiger partial charge in [-0.3, -0.25) is 19.3 Å². The van der Waals surface area contributed by atoms with Gasteiger partial charge in [-0.25, -0.2) is 0 Å². The number of ether oxygens (including phenoxy) is 2. The molecule has 11 nitrogen and oxygen atoms in total. The number of nitrogens with zero attached hydrogens (tertiary/aromatic N) is 2. The summed E-state index contributed by atoms with van der Waals surface area (Å²) >= 11 is 0.685. The Morgan fingerprint density at radius 1 is 1.08 bits per heavy atom. The third-order valence-corrected chi connectivity index (χ3v) is 6.06. The fourth-order valence-corrected chi connectivity index (χ4v) is 4.39. The molecule has 3 amide bonds. The molecular formula is C25H29N5O6S.